The van der Waals surface area contributed by atoms with Crippen molar-refractivity contribution in [2.24, 2.45) is 0 Å². The van der Waals surface area contributed by atoms with Gasteiger partial charge in [0.2, 0.25) is 0 Å². The molecule has 0 N–H and O–H groups in total. The molecule has 0 spiro atoms. The molecular weight excluding hydrogens is 338 g/mol. The highest BCUT2D eigenvalue weighted by atomic mass is 79.9. The lowest BCUT2D eigenvalue weighted by atomic mass is 9.94. The van der Waals surface area contributed by atoms with E-state index in [1.165, 1.54) is 24.0 Å². The van der Waals surface area contributed by atoms with E-state index in [1.54, 1.807) is 0 Å². The molecule has 1 heterocycles. The monoisotopic (exact) mass is 355 g/mol. The summed E-state index contributed by atoms with van der Waals surface area (Å²) in [5.74, 6) is 0.871. The molecule has 1 aliphatic heterocycles. The maximum absolute atomic E-state index is 12.9. The third-order valence-corrected chi connectivity index (χ3v) is 5.65. The smallest absolute Gasteiger partial charge is 0.258 e. The van der Waals surface area contributed by atoms with Gasteiger partial charge in [-0.05, 0) is 67.0 Å². The summed E-state index contributed by atoms with van der Waals surface area (Å²) in [7, 11) is 0. The molecule has 2 aromatic rings. The van der Waals surface area contributed by atoms with Gasteiger partial charge in [-0.2, -0.15) is 0 Å². The molecular formula is C19H18BrNO. The zero-order valence-corrected chi connectivity index (χ0v) is 14.2. The third kappa shape index (κ3) is 2.28. The molecule has 112 valence electrons. The van der Waals surface area contributed by atoms with E-state index in [-0.39, 0.29) is 5.91 Å². The Labute approximate surface area is 139 Å². The Morgan fingerprint density at radius 1 is 1.18 bits per heavy atom. The Morgan fingerprint density at radius 2 is 2.00 bits per heavy atom. The lowest BCUT2D eigenvalue weighted by molar-refractivity contribution is 0.0980. The number of rotatable bonds is 2. The van der Waals surface area contributed by atoms with Crippen LogP contribution in [0, 0.1) is 6.92 Å². The first-order valence-corrected chi connectivity index (χ1v) is 8.64. The number of carbonyl (C=O) groups is 1. The fraction of sp³-hybridized carbons (Fsp3) is 0.316. The Bertz CT molecular complexity index is 764. The van der Waals surface area contributed by atoms with Crippen molar-refractivity contribution in [1.29, 1.82) is 0 Å². The summed E-state index contributed by atoms with van der Waals surface area (Å²) >= 11 is 3.56. The van der Waals surface area contributed by atoms with Crippen LogP contribution in [0.3, 0.4) is 0 Å². The molecule has 22 heavy (non-hydrogen) atoms. The second kappa shape index (κ2) is 5.24. The Balaban J connectivity index is 1.71. The van der Waals surface area contributed by atoms with E-state index in [9.17, 15) is 4.79 Å². The third-order valence-electron chi connectivity index (χ3n) is 4.79. The molecule has 0 atom stereocenters. The number of carbonyl (C=O) groups excluding carboxylic acids is 1. The average molecular weight is 356 g/mol. The van der Waals surface area contributed by atoms with Crippen molar-refractivity contribution < 1.29 is 4.79 Å². The van der Waals surface area contributed by atoms with Gasteiger partial charge < -0.3 is 4.90 Å². The summed E-state index contributed by atoms with van der Waals surface area (Å²) in [5.41, 5.74) is 5.64. The van der Waals surface area contributed by atoms with E-state index in [2.05, 4.69) is 35.0 Å². The maximum Gasteiger partial charge on any atom is 0.258 e. The van der Waals surface area contributed by atoms with Gasteiger partial charge in [0.25, 0.3) is 5.91 Å². The molecule has 0 unspecified atom stereocenters. The van der Waals surface area contributed by atoms with Crippen molar-refractivity contribution in [2.75, 3.05) is 11.4 Å². The van der Waals surface area contributed by atoms with Crippen LogP contribution in [0.2, 0.25) is 0 Å². The predicted octanol–water partition coefficient (Wildman–Crippen LogP) is 4.84. The summed E-state index contributed by atoms with van der Waals surface area (Å²) < 4.78 is 1.05. The number of benzene rings is 2. The van der Waals surface area contributed by atoms with Crippen LogP contribution in [-0.4, -0.2) is 12.5 Å². The summed E-state index contributed by atoms with van der Waals surface area (Å²) in [6.07, 6.45) is 3.54. The summed E-state index contributed by atoms with van der Waals surface area (Å²) in [6, 6.07) is 12.5. The first-order chi connectivity index (χ1) is 10.6. The fourth-order valence-electron chi connectivity index (χ4n) is 3.30. The van der Waals surface area contributed by atoms with E-state index >= 15 is 0 Å². The van der Waals surface area contributed by atoms with Crippen LogP contribution in [0.25, 0.3) is 0 Å². The normalized spacial score (nSPS) is 17.5. The average Bonchev–Trinajstić information content (AvgIpc) is 3.35. The van der Waals surface area contributed by atoms with Crippen molar-refractivity contribution in [1.82, 2.24) is 0 Å². The highest BCUT2D eigenvalue weighted by Gasteiger charge is 2.29. The number of halogens is 1. The molecule has 0 radical (unpaired) electrons. The van der Waals surface area contributed by atoms with Gasteiger partial charge in [-0.1, -0.05) is 34.1 Å². The Kier molecular flexibility index (Phi) is 3.33. The molecule has 2 nitrogen and oxygen atoms in total. The second-order valence-corrected chi connectivity index (χ2v) is 7.14. The lowest BCUT2D eigenvalue weighted by Gasteiger charge is -2.30. The fourth-order valence-corrected chi connectivity index (χ4v) is 3.65. The quantitative estimate of drug-likeness (QED) is 0.754. The molecule has 1 fully saturated rings. The summed E-state index contributed by atoms with van der Waals surface area (Å²) in [5, 5.41) is 0. The van der Waals surface area contributed by atoms with Crippen molar-refractivity contribution in [3.63, 3.8) is 0 Å². The van der Waals surface area contributed by atoms with E-state index in [0.717, 1.165) is 40.2 Å². The zero-order valence-electron chi connectivity index (χ0n) is 12.6. The van der Waals surface area contributed by atoms with Gasteiger partial charge in [-0.3, -0.25) is 4.79 Å². The van der Waals surface area contributed by atoms with E-state index in [0.29, 0.717) is 0 Å². The number of fused-ring (bicyclic) bond motifs is 1. The minimum Gasteiger partial charge on any atom is -0.308 e. The number of nitrogens with zero attached hydrogens (tertiary/aromatic N) is 1. The van der Waals surface area contributed by atoms with Gasteiger partial charge in [0.05, 0.1) is 0 Å². The zero-order chi connectivity index (χ0) is 15.3. The highest BCUT2D eigenvalue weighted by molar-refractivity contribution is 9.10. The molecule has 2 aliphatic rings. The Morgan fingerprint density at radius 3 is 2.77 bits per heavy atom. The van der Waals surface area contributed by atoms with Crippen molar-refractivity contribution >= 4 is 27.5 Å². The predicted molar refractivity (Wildman–Crippen MR) is 92.7 cm³/mol. The number of amides is 1. The topological polar surface area (TPSA) is 20.3 Å². The lowest BCUT2D eigenvalue weighted by Crippen LogP contribution is -2.38. The van der Waals surface area contributed by atoms with Gasteiger partial charge in [-0.25, -0.2) is 0 Å². The van der Waals surface area contributed by atoms with Gasteiger partial charge >= 0.3 is 0 Å². The Hall–Kier alpha value is -1.61. The van der Waals surface area contributed by atoms with Crippen LogP contribution in [0.1, 0.15) is 45.8 Å². The van der Waals surface area contributed by atoms with Gasteiger partial charge in [0.1, 0.15) is 0 Å². The van der Waals surface area contributed by atoms with Gasteiger partial charge in [0.15, 0.2) is 0 Å². The summed E-state index contributed by atoms with van der Waals surface area (Å²) in [6.45, 7) is 2.82. The largest absolute Gasteiger partial charge is 0.308 e. The molecule has 0 aromatic heterocycles. The van der Waals surface area contributed by atoms with Crippen molar-refractivity contribution in [2.45, 2.75) is 32.1 Å². The standard InChI is InChI=1S/C19H18BrNO/c1-12-17(20)3-2-4-18(12)21-10-9-15-11-14(13-5-6-13)7-8-16(15)19(21)22/h2-4,7-8,11,13H,5-6,9-10H2,1H3. The molecule has 0 bridgehead atoms. The molecule has 4 rings (SSSR count). The van der Waals surface area contributed by atoms with Crippen LogP contribution in [0.15, 0.2) is 40.9 Å². The van der Waals surface area contributed by atoms with Crippen molar-refractivity contribution in [3.05, 3.63) is 63.1 Å². The van der Waals surface area contributed by atoms with E-state index in [4.69, 9.17) is 0 Å². The SMILES string of the molecule is Cc1c(Br)cccc1N1CCc2cc(C3CC3)ccc2C1=O. The second-order valence-electron chi connectivity index (χ2n) is 6.28. The number of hydrogen-bond acceptors (Lipinski definition) is 1. The molecule has 3 heteroatoms. The minimum atomic E-state index is 0.129. The van der Waals surface area contributed by atoms with Crippen LogP contribution >= 0.6 is 15.9 Å². The number of hydrogen-bond donors (Lipinski definition) is 0. The molecule has 1 aliphatic carbocycles. The maximum atomic E-state index is 12.9. The van der Waals surface area contributed by atoms with Crippen LogP contribution in [0.4, 0.5) is 5.69 Å². The molecule has 1 amide bonds. The minimum absolute atomic E-state index is 0.129. The first kappa shape index (κ1) is 14.0. The first-order valence-electron chi connectivity index (χ1n) is 7.85. The molecule has 2 aromatic carbocycles. The van der Waals surface area contributed by atoms with Gasteiger partial charge in [-0.15, -0.1) is 0 Å². The highest BCUT2D eigenvalue weighted by Crippen LogP contribution is 2.41. The van der Waals surface area contributed by atoms with Crippen molar-refractivity contribution in [3.8, 4) is 0 Å². The van der Waals surface area contributed by atoms with Crippen LogP contribution in [0.5, 0.6) is 0 Å². The summed E-state index contributed by atoms with van der Waals surface area (Å²) in [4.78, 5) is 14.8. The van der Waals surface area contributed by atoms with E-state index in [1.807, 2.05) is 29.2 Å². The van der Waals surface area contributed by atoms with Crippen LogP contribution < -0.4 is 4.90 Å². The molecule has 1 saturated carbocycles. The number of anilines is 1. The van der Waals surface area contributed by atoms with E-state index < -0.39 is 0 Å². The molecule has 0 saturated heterocycles. The van der Waals surface area contributed by atoms with Crippen LogP contribution in [-0.2, 0) is 6.42 Å². The van der Waals surface area contributed by atoms with Gasteiger partial charge in [0, 0.05) is 22.3 Å².